The molecule has 0 aromatic carbocycles. The van der Waals surface area contributed by atoms with E-state index in [1.54, 1.807) is 24.5 Å². The molecule has 2 aromatic rings. The lowest BCUT2D eigenvalue weighted by molar-refractivity contribution is 0.0529. The van der Waals surface area contributed by atoms with Crippen molar-refractivity contribution >= 4 is 17.7 Å². The largest absolute Gasteiger partial charge is 0.375 e. The van der Waals surface area contributed by atoms with Crippen molar-refractivity contribution in [3.05, 3.63) is 48.3 Å². The van der Waals surface area contributed by atoms with Crippen LogP contribution in [0.3, 0.4) is 0 Å². The summed E-state index contributed by atoms with van der Waals surface area (Å²) in [5.41, 5.74) is 0.941. The maximum atomic E-state index is 11.8. The molecule has 2 aromatic heterocycles. The first kappa shape index (κ1) is 16.2. The van der Waals surface area contributed by atoms with Crippen LogP contribution >= 0.6 is 0 Å². The number of rotatable bonds is 4. The zero-order valence-corrected chi connectivity index (χ0v) is 13.6. The second kappa shape index (κ2) is 7.74. The molecule has 126 valence electrons. The van der Waals surface area contributed by atoms with Gasteiger partial charge in [0, 0.05) is 32.0 Å². The van der Waals surface area contributed by atoms with E-state index in [1.165, 1.54) is 0 Å². The maximum Gasteiger partial charge on any atom is 0.320 e. The average Bonchev–Trinajstić information content (AvgIpc) is 2.61. The van der Waals surface area contributed by atoms with Crippen molar-refractivity contribution in [3.8, 4) is 0 Å². The van der Waals surface area contributed by atoms with Gasteiger partial charge in [0.1, 0.15) is 11.6 Å². The molecule has 24 heavy (non-hydrogen) atoms. The van der Waals surface area contributed by atoms with Crippen LogP contribution in [0.25, 0.3) is 0 Å². The highest BCUT2D eigenvalue weighted by Crippen LogP contribution is 2.15. The van der Waals surface area contributed by atoms with Crippen molar-refractivity contribution in [2.75, 3.05) is 29.9 Å². The van der Waals surface area contributed by atoms with Crippen LogP contribution in [0.15, 0.2) is 42.7 Å². The van der Waals surface area contributed by atoms with E-state index >= 15 is 0 Å². The Balaban J connectivity index is 1.50. The number of carbonyl (C=O) groups excluding carboxylic acids is 1. The Morgan fingerprint density at radius 1 is 1.33 bits per heavy atom. The van der Waals surface area contributed by atoms with Crippen LogP contribution in [0, 0.1) is 0 Å². The molecule has 0 bridgehead atoms. The van der Waals surface area contributed by atoms with Crippen LogP contribution in [-0.4, -0.2) is 41.8 Å². The molecule has 1 atom stereocenters. The molecule has 0 saturated carbocycles. The minimum atomic E-state index is -0.292. The minimum Gasteiger partial charge on any atom is -0.375 e. The van der Waals surface area contributed by atoms with Gasteiger partial charge in [0.2, 0.25) is 0 Å². The third-order valence-electron chi connectivity index (χ3n) is 3.73. The van der Waals surface area contributed by atoms with Gasteiger partial charge in [-0.3, -0.25) is 5.32 Å². The summed E-state index contributed by atoms with van der Waals surface area (Å²) in [6, 6.07) is 9.01. The second-order valence-corrected chi connectivity index (χ2v) is 5.67. The predicted molar refractivity (Wildman–Crippen MR) is 92.0 cm³/mol. The molecule has 1 fully saturated rings. The molecule has 2 amide bonds. The van der Waals surface area contributed by atoms with Crippen molar-refractivity contribution in [2.24, 2.45) is 0 Å². The van der Waals surface area contributed by atoms with Gasteiger partial charge in [-0.1, -0.05) is 12.1 Å². The lowest BCUT2D eigenvalue weighted by atomic mass is 10.2. The fourth-order valence-electron chi connectivity index (χ4n) is 2.51. The first-order valence-corrected chi connectivity index (χ1v) is 7.98. The fraction of sp³-hybridized carbons (Fsp3) is 0.353. The van der Waals surface area contributed by atoms with Gasteiger partial charge >= 0.3 is 6.03 Å². The van der Waals surface area contributed by atoms with Gasteiger partial charge in [0.15, 0.2) is 0 Å². The quantitative estimate of drug-likeness (QED) is 0.898. The zero-order chi connectivity index (χ0) is 16.8. The van der Waals surface area contributed by atoms with E-state index in [0.717, 1.165) is 31.1 Å². The predicted octanol–water partition coefficient (Wildman–Crippen LogP) is 2.02. The van der Waals surface area contributed by atoms with Crippen molar-refractivity contribution < 1.29 is 9.53 Å². The standard InChI is InChI=1S/C17H21N5O2/c1-13-12-22(8-9-24-13)16-6-5-14(10-19-16)11-20-17(23)21-15-4-2-3-7-18-15/h2-7,10,13H,8-9,11-12H2,1H3,(H2,18,20,21,23)/t13-/m1/s1. The number of morpholine rings is 1. The summed E-state index contributed by atoms with van der Waals surface area (Å²) in [6.45, 7) is 4.88. The maximum absolute atomic E-state index is 11.8. The van der Waals surface area contributed by atoms with Crippen molar-refractivity contribution in [1.82, 2.24) is 15.3 Å². The Kier molecular flexibility index (Phi) is 5.22. The van der Waals surface area contributed by atoms with Gasteiger partial charge in [-0.15, -0.1) is 0 Å². The monoisotopic (exact) mass is 327 g/mol. The molecule has 7 heteroatoms. The first-order valence-electron chi connectivity index (χ1n) is 7.98. The summed E-state index contributed by atoms with van der Waals surface area (Å²) >= 11 is 0. The summed E-state index contributed by atoms with van der Waals surface area (Å²) < 4.78 is 5.54. The van der Waals surface area contributed by atoms with Crippen LogP contribution in [0.2, 0.25) is 0 Å². The normalized spacial score (nSPS) is 17.4. The molecule has 0 radical (unpaired) electrons. The molecule has 2 N–H and O–H groups in total. The highest BCUT2D eigenvalue weighted by Gasteiger charge is 2.17. The van der Waals surface area contributed by atoms with Crippen LogP contribution in [0.5, 0.6) is 0 Å². The van der Waals surface area contributed by atoms with Gasteiger partial charge in [0.25, 0.3) is 0 Å². The van der Waals surface area contributed by atoms with E-state index in [2.05, 4.69) is 32.4 Å². The Bertz CT molecular complexity index is 662. The number of hydrogen-bond acceptors (Lipinski definition) is 5. The number of carbonyl (C=O) groups is 1. The Hall–Kier alpha value is -2.67. The summed E-state index contributed by atoms with van der Waals surface area (Å²) in [4.78, 5) is 22.6. The van der Waals surface area contributed by atoms with Crippen LogP contribution in [0.1, 0.15) is 12.5 Å². The molecule has 7 nitrogen and oxygen atoms in total. The molecule has 0 aliphatic carbocycles. The zero-order valence-electron chi connectivity index (χ0n) is 13.6. The number of urea groups is 1. The van der Waals surface area contributed by atoms with E-state index in [0.29, 0.717) is 12.4 Å². The Labute approximate surface area is 141 Å². The smallest absolute Gasteiger partial charge is 0.320 e. The Morgan fingerprint density at radius 2 is 2.25 bits per heavy atom. The molecule has 1 aliphatic heterocycles. The van der Waals surface area contributed by atoms with E-state index in [1.807, 2.05) is 18.2 Å². The summed E-state index contributed by atoms with van der Waals surface area (Å²) in [7, 11) is 0. The molecular formula is C17H21N5O2. The first-order chi connectivity index (χ1) is 11.7. The molecule has 1 aliphatic rings. The Morgan fingerprint density at radius 3 is 2.96 bits per heavy atom. The topological polar surface area (TPSA) is 79.4 Å². The SMILES string of the molecule is C[C@@H]1CN(c2ccc(CNC(=O)Nc3ccccn3)cn2)CCO1. The second-order valence-electron chi connectivity index (χ2n) is 5.67. The summed E-state index contributed by atoms with van der Waals surface area (Å²) in [5.74, 6) is 1.46. The number of amides is 2. The van der Waals surface area contributed by atoms with E-state index < -0.39 is 0 Å². The van der Waals surface area contributed by atoms with Crippen molar-refractivity contribution in [3.63, 3.8) is 0 Å². The lowest BCUT2D eigenvalue weighted by Gasteiger charge is -2.32. The van der Waals surface area contributed by atoms with Gasteiger partial charge in [-0.2, -0.15) is 0 Å². The van der Waals surface area contributed by atoms with Crippen molar-refractivity contribution in [1.29, 1.82) is 0 Å². The van der Waals surface area contributed by atoms with Crippen LogP contribution < -0.4 is 15.5 Å². The van der Waals surface area contributed by atoms with Gasteiger partial charge in [-0.05, 0) is 30.7 Å². The number of ether oxygens (including phenoxy) is 1. The van der Waals surface area contributed by atoms with Crippen LogP contribution in [0.4, 0.5) is 16.4 Å². The number of hydrogen-bond donors (Lipinski definition) is 2. The molecule has 3 rings (SSSR count). The van der Waals surface area contributed by atoms with Gasteiger partial charge in [0.05, 0.1) is 12.7 Å². The average molecular weight is 327 g/mol. The van der Waals surface area contributed by atoms with Gasteiger partial charge in [-0.25, -0.2) is 14.8 Å². The van der Waals surface area contributed by atoms with Gasteiger partial charge < -0.3 is 15.0 Å². The number of anilines is 2. The van der Waals surface area contributed by atoms with E-state index in [4.69, 9.17) is 4.74 Å². The highest BCUT2D eigenvalue weighted by atomic mass is 16.5. The molecule has 0 unspecified atom stereocenters. The minimum absolute atomic E-state index is 0.220. The van der Waals surface area contributed by atoms with Crippen molar-refractivity contribution in [2.45, 2.75) is 19.6 Å². The molecular weight excluding hydrogens is 306 g/mol. The molecule has 3 heterocycles. The van der Waals surface area contributed by atoms with E-state index in [-0.39, 0.29) is 12.1 Å². The lowest BCUT2D eigenvalue weighted by Crippen LogP contribution is -2.41. The van der Waals surface area contributed by atoms with Crippen LogP contribution in [-0.2, 0) is 11.3 Å². The summed E-state index contributed by atoms with van der Waals surface area (Å²) in [5, 5.41) is 5.47. The number of pyridine rings is 2. The number of nitrogens with zero attached hydrogens (tertiary/aromatic N) is 3. The van der Waals surface area contributed by atoms with E-state index in [9.17, 15) is 4.79 Å². The third kappa shape index (κ3) is 4.42. The third-order valence-corrected chi connectivity index (χ3v) is 3.73. The highest BCUT2D eigenvalue weighted by molar-refractivity contribution is 5.88. The summed E-state index contributed by atoms with van der Waals surface area (Å²) in [6.07, 6.45) is 3.64. The number of nitrogens with one attached hydrogen (secondary N) is 2. The molecule has 0 spiro atoms. The fourth-order valence-corrected chi connectivity index (χ4v) is 2.51. The molecule has 1 saturated heterocycles. The number of aromatic nitrogens is 2.